The van der Waals surface area contributed by atoms with E-state index >= 15 is 0 Å². The molecule has 0 aliphatic heterocycles. The predicted molar refractivity (Wildman–Crippen MR) is 86.0 cm³/mol. The maximum Gasteiger partial charge on any atom is 0.0998 e. The summed E-state index contributed by atoms with van der Waals surface area (Å²) in [6.07, 6.45) is 1.91. The molecule has 0 aromatic heterocycles. The Balaban J connectivity index is 2.71. The van der Waals surface area contributed by atoms with Crippen LogP contribution in [0, 0.1) is 11.3 Å². The molecular formula is C18H20N2. The van der Waals surface area contributed by atoms with E-state index in [9.17, 15) is 5.26 Å². The normalized spacial score (nSPS) is 11.1. The molecule has 0 radical (unpaired) electrons. The highest BCUT2D eigenvalue weighted by atomic mass is 15.2. The van der Waals surface area contributed by atoms with Gasteiger partial charge >= 0.3 is 0 Å². The van der Waals surface area contributed by atoms with Gasteiger partial charge in [0.25, 0.3) is 0 Å². The van der Waals surface area contributed by atoms with Gasteiger partial charge in [-0.1, -0.05) is 30.3 Å². The average Bonchev–Trinajstić information content (AvgIpc) is 2.43. The van der Waals surface area contributed by atoms with Gasteiger partial charge in [-0.15, -0.1) is 6.58 Å². The fraction of sp³-hybridized carbons (Fsp3) is 0.278. The van der Waals surface area contributed by atoms with E-state index in [2.05, 4.69) is 44.4 Å². The number of hydrogen-bond donors (Lipinski definition) is 0. The maximum atomic E-state index is 9.25. The lowest BCUT2D eigenvalue weighted by atomic mass is 9.99. The molecule has 0 aliphatic carbocycles. The molecule has 2 rings (SSSR count). The summed E-state index contributed by atoms with van der Waals surface area (Å²) < 4.78 is 0. The van der Waals surface area contributed by atoms with Gasteiger partial charge in [-0.25, -0.2) is 0 Å². The van der Waals surface area contributed by atoms with E-state index in [1.54, 1.807) is 0 Å². The molecule has 0 unspecified atom stereocenters. The molecule has 0 fully saturated rings. The van der Waals surface area contributed by atoms with Gasteiger partial charge in [-0.05, 0) is 32.9 Å². The molecule has 0 saturated carbocycles. The first-order chi connectivity index (χ1) is 9.49. The number of nitriles is 1. The second-order valence-corrected chi connectivity index (χ2v) is 5.86. The standard InChI is InChI=1S/C18H20N2/c1-5-12-20(18(2,3)4)17-11-10-14(13-19)15-8-6-7-9-16(15)17/h5-11H,1,12H2,2-4H3. The molecule has 0 heterocycles. The van der Waals surface area contributed by atoms with Crippen LogP contribution in [0.4, 0.5) is 5.69 Å². The molecule has 0 amide bonds. The number of fused-ring (bicyclic) bond motifs is 1. The lowest BCUT2D eigenvalue weighted by Gasteiger charge is -2.38. The van der Waals surface area contributed by atoms with Gasteiger partial charge in [0.2, 0.25) is 0 Å². The third kappa shape index (κ3) is 2.53. The van der Waals surface area contributed by atoms with Crippen LogP contribution in [-0.4, -0.2) is 12.1 Å². The van der Waals surface area contributed by atoms with Crippen LogP contribution in [0.5, 0.6) is 0 Å². The zero-order chi connectivity index (χ0) is 14.8. The summed E-state index contributed by atoms with van der Waals surface area (Å²) in [4.78, 5) is 2.31. The Morgan fingerprint density at radius 2 is 1.80 bits per heavy atom. The van der Waals surface area contributed by atoms with Crippen molar-refractivity contribution in [1.29, 1.82) is 5.26 Å². The fourth-order valence-electron chi connectivity index (χ4n) is 2.48. The number of hydrogen-bond acceptors (Lipinski definition) is 2. The van der Waals surface area contributed by atoms with Crippen molar-refractivity contribution in [3.05, 3.63) is 54.6 Å². The summed E-state index contributed by atoms with van der Waals surface area (Å²) in [6.45, 7) is 11.2. The second kappa shape index (κ2) is 5.38. The van der Waals surface area contributed by atoms with Gasteiger partial charge in [-0.3, -0.25) is 0 Å². The Labute approximate surface area is 120 Å². The Morgan fingerprint density at radius 3 is 2.35 bits per heavy atom. The van der Waals surface area contributed by atoms with Crippen LogP contribution in [0.15, 0.2) is 49.1 Å². The molecule has 20 heavy (non-hydrogen) atoms. The number of anilines is 1. The quantitative estimate of drug-likeness (QED) is 0.763. The van der Waals surface area contributed by atoms with E-state index in [0.717, 1.165) is 28.6 Å². The predicted octanol–water partition coefficient (Wildman–Crippen LogP) is 4.50. The molecule has 102 valence electrons. The van der Waals surface area contributed by atoms with Gasteiger partial charge < -0.3 is 4.90 Å². The first-order valence-corrected chi connectivity index (χ1v) is 6.79. The fourth-order valence-corrected chi connectivity index (χ4v) is 2.48. The van der Waals surface area contributed by atoms with E-state index in [1.807, 2.05) is 36.4 Å². The second-order valence-electron chi connectivity index (χ2n) is 5.86. The van der Waals surface area contributed by atoms with Crippen LogP contribution in [0.2, 0.25) is 0 Å². The molecule has 0 spiro atoms. The molecular weight excluding hydrogens is 244 g/mol. The van der Waals surface area contributed by atoms with Crippen molar-refractivity contribution >= 4 is 16.5 Å². The van der Waals surface area contributed by atoms with Gasteiger partial charge in [0, 0.05) is 28.5 Å². The summed E-state index contributed by atoms with van der Waals surface area (Å²) in [5, 5.41) is 11.4. The van der Waals surface area contributed by atoms with Crippen LogP contribution in [-0.2, 0) is 0 Å². The van der Waals surface area contributed by atoms with E-state index in [-0.39, 0.29) is 5.54 Å². The van der Waals surface area contributed by atoms with Gasteiger partial charge in [-0.2, -0.15) is 5.26 Å². The van der Waals surface area contributed by atoms with Crippen molar-refractivity contribution in [3.63, 3.8) is 0 Å². The van der Waals surface area contributed by atoms with Crippen molar-refractivity contribution in [2.75, 3.05) is 11.4 Å². The summed E-state index contributed by atoms with van der Waals surface area (Å²) in [5.41, 5.74) is 1.86. The maximum absolute atomic E-state index is 9.25. The van der Waals surface area contributed by atoms with Crippen LogP contribution < -0.4 is 4.90 Å². The number of rotatable bonds is 3. The molecule has 0 bridgehead atoms. The van der Waals surface area contributed by atoms with Crippen LogP contribution in [0.1, 0.15) is 26.3 Å². The number of nitrogens with zero attached hydrogens (tertiary/aromatic N) is 2. The van der Waals surface area contributed by atoms with Gasteiger partial charge in [0.1, 0.15) is 0 Å². The Kier molecular flexibility index (Phi) is 3.81. The molecule has 0 N–H and O–H groups in total. The highest BCUT2D eigenvalue weighted by molar-refractivity contribution is 5.98. The SMILES string of the molecule is C=CCN(c1ccc(C#N)c2ccccc12)C(C)(C)C. The lowest BCUT2D eigenvalue weighted by molar-refractivity contribution is 0.524. The Bertz CT molecular complexity index is 672. The molecule has 2 heteroatoms. The first-order valence-electron chi connectivity index (χ1n) is 6.79. The van der Waals surface area contributed by atoms with Crippen molar-refractivity contribution < 1.29 is 0 Å². The molecule has 0 aliphatic rings. The largest absolute Gasteiger partial charge is 0.362 e. The van der Waals surface area contributed by atoms with E-state index in [0.29, 0.717) is 0 Å². The zero-order valence-corrected chi connectivity index (χ0v) is 12.4. The monoisotopic (exact) mass is 264 g/mol. The molecule has 0 saturated heterocycles. The van der Waals surface area contributed by atoms with Gasteiger partial charge in [0.15, 0.2) is 0 Å². The molecule has 2 aromatic rings. The van der Waals surface area contributed by atoms with E-state index in [1.165, 1.54) is 0 Å². The summed E-state index contributed by atoms with van der Waals surface area (Å²) in [6, 6.07) is 14.3. The van der Waals surface area contributed by atoms with Gasteiger partial charge in [0.05, 0.1) is 11.6 Å². The smallest absolute Gasteiger partial charge is 0.0998 e. The number of benzene rings is 2. The minimum absolute atomic E-state index is 0.00881. The van der Waals surface area contributed by atoms with E-state index < -0.39 is 0 Å². The topological polar surface area (TPSA) is 27.0 Å². The minimum atomic E-state index is -0.00881. The summed E-state index contributed by atoms with van der Waals surface area (Å²) in [7, 11) is 0. The highest BCUT2D eigenvalue weighted by Crippen LogP contribution is 2.33. The molecule has 2 aromatic carbocycles. The third-order valence-electron chi connectivity index (χ3n) is 3.43. The Morgan fingerprint density at radius 1 is 1.15 bits per heavy atom. The Hall–Kier alpha value is -2.27. The minimum Gasteiger partial charge on any atom is -0.362 e. The lowest BCUT2D eigenvalue weighted by Crippen LogP contribution is -2.41. The van der Waals surface area contributed by atoms with Crippen molar-refractivity contribution in [3.8, 4) is 6.07 Å². The van der Waals surface area contributed by atoms with Crippen molar-refractivity contribution in [2.24, 2.45) is 0 Å². The highest BCUT2D eigenvalue weighted by Gasteiger charge is 2.22. The third-order valence-corrected chi connectivity index (χ3v) is 3.43. The summed E-state index contributed by atoms with van der Waals surface area (Å²) in [5.74, 6) is 0. The zero-order valence-electron chi connectivity index (χ0n) is 12.4. The van der Waals surface area contributed by atoms with E-state index in [4.69, 9.17) is 0 Å². The van der Waals surface area contributed by atoms with Crippen molar-refractivity contribution in [2.45, 2.75) is 26.3 Å². The van der Waals surface area contributed by atoms with Crippen molar-refractivity contribution in [1.82, 2.24) is 0 Å². The van der Waals surface area contributed by atoms with Crippen LogP contribution in [0.25, 0.3) is 10.8 Å². The van der Waals surface area contributed by atoms with Crippen LogP contribution >= 0.6 is 0 Å². The van der Waals surface area contributed by atoms with Crippen LogP contribution in [0.3, 0.4) is 0 Å². The molecule has 2 nitrogen and oxygen atoms in total. The first kappa shape index (κ1) is 14.1. The average molecular weight is 264 g/mol. The summed E-state index contributed by atoms with van der Waals surface area (Å²) >= 11 is 0. The molecule has 0 atom stereocenters.